The molecule has 2 N–H and O–H groups in total. The molecule has 4 aromatic carbocycles. The second-order valence-corrected chi connectivity index (χ2v) is 10.2. The van der Waals surface area contributed by atoms with Gasteiger partial charge in [-0.1, -0.05) is 103 Å². The molecular formula is C36H36N2O4. The van der Waals surface area contributed by atoms with E-state index in [0.717, 1.165) is 22.3 Å². The van der Waals surface area contributed by atoms with Gasteiger partial charge >= 0.3 is 0 Å². The minimum absolute atomic E-state index is 0.0812. The zero-order valence-corrected chi connectivity index (χ0v) is 23.6. The van der Waals surface area contributed by atoms with Crippen molar-refractivity contribution in [1.29, 1.82) is 0 Å². The van der Waals surface area contributed by atoms with Crippen molar-refractivity contribution >= 4 is 17.9 Å². The second-order valence-electron chi connectivity index (χ2n) is 10.2. The summed E-state index contributed by atoms with van der Waals surface area (Å²) in [5.41, 5.74) is 2.63. The zero-order valence-electron chi connectivity index (χ0n) is 23.6. The van der Waals surface area contributed by atoms with Gasteiger partial charge in [-0.3, -0.25) is 4.79 Å². The van der Waals surface area contributed by atoms with Crippen molar-refractivity contribution in [2.75, 3.05) is 19.8 Å². The number of hydrogen-bond donors (Lipinski definition) is 2. The molecule has 0 aliphatic carbocycles. The molecule has 0 saturated heterocycles. The van der Waals surface area contributed by atoms with Gasteiger partial charge in [-0.25, -0.2) is 4.99 Å². The minimum atomic E-state index is -1.21. The zero-order chi connectivity index (χ0) is 29.0. The van der Waals surface area contributed by atoms with Crippen molar-refractivity contribution in [2.24, 2.45) is 4.99 Å². The maximum absolute atomic E-state index is 14.2. The number of rotatable bonds is 13. The molecule has 1 heterocycles. The summed E-state index contributed by atoms with van der Waals surface area (Å²) >= 11 is 0. The van der Waals surface area contributed by atoms with E-state index in [-0.39, 0.29) is 12.5 Å². The van der Waals surface area contributed by atoms with Crippen LogP contribution in [0.2, 0.25) is 0 Å². The van der Waals surface area contributed by atoms with Crippen LogP contribution >= 0.6 is 0 Å². The molecule has 6 heteroatoms. The van der Waals surface area contributed by atoms with Crippen molar-refractivity contribution in [3.63, 3.8) is 0 Å². The smallest absolute Gasteiger partial charge is 0.252 e. The van der Waals surface area contributed by atoms with Crippen LogP contribution in [-0.2, 0) is 16.0 Å². The first-order chi connectivity index (χ1) is 20.7. The molecule has 214 valence electrons. The first-order valence-corrected chi connectivity index (χ1v) is 14.4. The van der Waals surface area contributed by atoms with Crippen molar-refractivity contribution in [1.82, 2.24) is 5.32 Å². The van der Waals surface area contributed by atoms with Crippen LogP contribution in [0.3, 0.4) is 0 Å². The molecule has 0 radical (unpaired) electrons. The Morgan fingerprint density at radius 2 is 1.57 bits per heavy atom. The molecule has 1 aliphatic rings. The van der Waals surface area contributed by atoms with Gasteiger partial charge < -0.3 is 19.9 Å². The van der Waals surface area contributed by atoms with E-state index >= 15 is 0 Å². The summed E-state index contributed by atoms with van der Waals surface area (Å²) in [6, 6.07) is 37.4. The fraction of sp³-hybridized carbons (Fsp3) is 0.222. The molecule has 1 amide bonds. The maximum atomic E-state index is 14.2. The Morgan fingerprint density at radius 1 is 0.905 bits per heavy atom. The third-order valence-corrected chi connectivity index (χ3v) is 7.21. The number of aliphatic hydroxyl groups excluding tert-OH is 1. The highest BCUT2D eigenvalue weighted by Gasteiger charge is 2.52. The van der Waals surface area contributed by atoms with E-state index in [4.69, 9.17) is 19.6 Å². The lowest BCUT2D eigenvalue weighted by atomic mass is 9.84. The van der Waals surface area contributed by atoms with Crippen LogP contribution in [0.15, 0.2) is 126 Å². The van der Waals surface area contributed by atoms with E-state index in [1.807, 2.05) is 115 Å². The van der Waals surface area contributed by atoms with Crippen molar-refractivity contribution in [2.45, 2.75) is 30.9 Å². The number of carbonyl (C=O) groups is 1. The van der Waals surface area contributed by atoms with E-state index in [0.29, 0.717) is 44.1 Å². The fourth-order valence-corrected chi connectivity index (χ4v) is 5.00. The molecule has 0 aromatic heterocycles. The quantitative estimate of drug-likeness (QED) is 0.192. The Balaban J connectivity index is 1.47. The summed E-state index contributed by atoms with van der Waals surface area (Å²) in [4.78, 5) is 19.3. The third kappa shape index (κ3) is 7.14. The summed E-state index contributed by atoms with van der Waals surface area (Å²) in [7, 11) is 0. The number of hydrogen-bond acceptors (Lipinski definition) is 5. The van der Waals surface area contributed by atoms with Crippen LogP contribution in [0, 0.1) is 0 Å². The molecule has 0 bridgehead atoms. The Hall–Kier alpha value is -4.68. The first kappa shape index (κ1) is 28.8. The highest BCUT2D eigenvalue weighted by atomic mass is 16.5. The van der Waals surface area contributed by atoms with Crippen LogP contribution in [-0.4, -0.2) is 42.2 Å². The summed E-state index contributed by atoms with van der Waals surface area (Å²) in [5.74, 6) is 0.933. The molecule has 6 nitrogen and oxygen atoms in total. The number of benzene rings is 4. The minimum Gasteiger partial charge on any atom is -0.494 e. The number of carbonyl (C=O) groups excluding carboxylic acids is 1. The van der Waals surface area contributed by atoms with Crippen molar-refractivity contribution in [3.8, 4) is 5.75 Å². The predicted octanol–water partition coefficient (Wildman–Crippen LogP) is 6.17. The SMILES string of the molecule is O=C(NCCc1ccccc1)[C@]1(C/C=C/c2ccccc2)N=C(c2ccc(OCCCO)cc2)O[C@@H]1c1ccccc1. The monoisotopic (exact) mass is 560 g/mol. The topological polar surface area (TPSA) is 80.2 Å². The number of aliphatic imine (C=N–C) groups is 1. The molecule has 42 heavy (non-hydrogen) atoms. The van der Waals surface area contributed by atoms with Crippen LogP contribution < -0.4 is 10.1 Å². The van der Waals surface area contributed by atoms with Crippen LogP contribution in [0.1, 0.15) is 41.2 Å². The Morgan fingerprint density at radius 3 is 2.26 bits per heavy atom. The Kier molecular flexibility index (Phi) is 9.81. The highest BCUT2D eigenvalue weighted by molar-refractivity contribution is 6.01. The van der Waals surface area contributed by atoms with Crippen molar-refractivity contribution < 1.29 is 19.4 Å². The van der Waals surface area contributed by atoms with Gasteiger partial charge in [0.1, 0.15) is 5.75 Å². The fourth-order valence-electron chi connectivity index (χ4n) is 5.00. The number of amides is 1. The third-order valence-electron chi connectivity index (χ3n) is 7.21. The molecule has 2 atom stereocenters. The second kappa shape index (κ2) is 14.3. The largest absolute Gasteiger partial charge is 0.494 e. The van der Waals surface area contributed by atoms with E-state index in [2.05, 4.69) is 17.4 Å². The van der Waals surface area contributed by atoms with E-state index in [1.165, 1.54) is 0 Å². The molecule has 5 rings (SSSR count). The highest BCUT2D eigenvalue weighted by Crippen LogP contribution is 2.43. The maximum Gasteiger partial charge on any atom is 0.252 e. The summed E-state index contributed by atoms with van der Waals surface area (Å²) in [5, 5.41) is 12.2. The average molecular weight is 561 g/mol. The van der Waals surface area contributed by atoms with Gasteiger partial charge in [0.05, 0.1) is 6.61 Å². The Bertz CT molecular complexity index is 1470. The summed E-state index contributed by atoms with van der Waals surface area (Å²) < 4.78 is 12.3. The molecular weight excluding hydrogens is 524 g/mol. The standard InChI is InChI=1S/C36H36N2O4/c39-26-11-27-41-32-21-19-31(20-22-32)34-38-36(24-10-16-28-12-4-1-5-13-28,33(42-34)30-17-8-3-9-18-30)35(40)37-25-23-29-14-6-2-7-15-29/h1-10,12-22,33,39H,11,23-27H2,(H,37,40)/b16-10+/t33-,36-/m1/s1. The lowest BCUT2D eigenvalue weighted by Gasteiger charge is -2.29. The lowest BCUT2D eigenvalue weighted by Crippen LogP contribution is -2.48. The van der Waals surface area contributed by atoms with Gasteiger partial charge in [-0.15, -0.1) is 0 Å². The first-order valence-electron chi connectivity index (χ1n) is 14.4. The Labute approximate surface area is 247 Å². The van der Waals surface area contributed by atoms with Gasteiger partial charge in [0, 0.05) is 31.6 Å². The molecule has 1 aliphatic heterocycles. The summed E-state index contributed by atoms with van der Waals surface area (Å²) in [6.45, 7) is 1.00. The van der Waals surface area contributed by atoms with Crippen molar-refractivity contribution in [3.05, 3.63) is 144 Å². The van der Waals surface area contributed by atoms with Gasteiger partial charge in [-0.2, -0.15) is 0 Å². The number of aliphatic hydroxyl groups is 1. The van der Waals surface area contributed by atoms with E-state index in [1.54, 1.807) is 0 Å². The van der Waals surface area contributed by atoms with Gasteiger partial charge in [-0.05, 0) is 47.4 Å². The van der Waals surface area contributed by atoms with Gasteiger partial charge in [0.25, 0.3) is 5.91 Å². The number of nitrogens with one attached hydrogen (secondary N) is 1. The van der Waals surface area contributed by atoms with Crippen LogP contribution in [0.25, 0.3) is 6.08 Å². The molecule has 0 saturated carbocycles. The molecule has 4 aromatic rings. The van der Waals surface area contributed by atoms with E-state index in [9.17, 15) is 4.79 Å². The van der Waals surface area contributed by atoms with Crippen LogP contribution in [0.4, 0.5) is 0 Å². The lowest BCUT2D eigenvalue weighted by molar-refractivity contribution is -0.128. The van der Waals surface area contributed by atoms with Crippen LogP contribution in [0.5, 0.6) is 5.75 Å². The van der Waals surface area contributed by atoms with Gasteiger partial charge in [0.2, 0.25) is 5.90 Å². The normalized spacial score (nSPS) is 17.9. The summed E-state index contributed by atoms with van der Waals surface area (Å²) in [6.07, 6.45) is 5.04. The predicted molar refractivity (Wildman–Crippen MR) is 166 cm³/mol. The molecule has 0 spiro atoms. The number of nitrogens with zero attached hydrogens (tertiary/aromatic N) is 1. The molecule has 0 fully saturated rings. The molecule has 0 unspecified atom stereocenters. The average Bonchev–Trinajstić information content (AvgIpc) is 3.44. The van der Waals surface area contributed by atoms with Gasteiger partial charge in [0.15, 0.2) is 11.6 Å². The number of ether oxygens (including phenoxy) is 2. The van der Waals surface area contributed by atoms with E-state index < -0.39 is 11.6 Å².